The summed E-state index contributed by atoms with van der Waals surface area (Å²) in [4.78, 5) is 37.0. The van der Waals surface area contributed by atoms with Crippen molar-refractivity contribution in [1.29, 1.82) is 0 Å². The van der Waals surface area contributed by atoms with Crippen LogP contribution in [0.5, 0.6) is 0 Å². The van der Waals surface area contributed by atoms with Gasteiger partial charge in [-0.2, -0.15) is 0 Å². The van der Waals surface area contributed by atoms with E-state index in [-0.39, 0.29) is 17.7 Å². The number of fused-ring (bicyclic) bond motifs is 1. The van der Waals surface area contributed by atoms with E-state index < -0.39 is 29.5 Å². The normalized spacial score (nSPS) is 14.7. The van der Waals surface area contributed by atoms with Crippen molar-refractivity contribution < 1.29 is 23.9 Å². The maximum atomic E-state index is 13.0. The first-order valence-electron chi connectivity index (χ1n) is 6.92. The van der Waals surface area contributed by atoms with Crippen LogP contribution < -0.4 is 0 Å². The predicted octanol–water partition coefficient (Wildman–Crippen LogP) is 2.29. The summed E-state index contributed by atoms with van der Waals surface area (Å²) in [7, 11) is 0. The number of aliphatic carboxylic acids is 1. The van der Waals surface area contributed by atoms with E-state index >= 15 is 0 Å². The lowest BCUT2D eigenvalue weighted by Gasteiger charge is -2.19. The van der Waals surface area contributed by atoms with Crippen molar-refractivity contribution in [3.63, 3.8) is 0 Å². The minimum absolute atomic E-state index is 0.265. The molecular weight excluding hydrogens is 301 g/mol. The number of carbonyl (C=O) groups excluding carboxylic acids is 2. The molecule has 5 nitrogen and oxygen atoms in total. The zero-order valence-electron chi connectivity index (χ0n) is 11.9. The van der Waals surface area contributed by atoms with Crippen molar-refractivity contribution in [3.8, 4) is 0 Å². The van der Waals surface area contributed by atoms with Gasteiger partial charge in [-0.3, -0.25) is 19.3 Å². The molecule has 3 rings (SSSR count). The zero-order chi connectivity index (χ0) is 16.6. The van der Waals surface area contributed by atoms with Crippen molar-refractivity contribution in [3.05, 3.63) is 71.0 Å². The Morgan fingerprint density at radius 3 is 2.00 bits per heavy atom. The van der Waals surface area contributed by atoms with Crippen LogP contribution in [0, 0.1) is 5.82 Å². The molecule has 0 spiro atoms. The van der Waals surface area contributed by atoms with Gasteiger partial charge in [-0.15, -0.1) is 0 Å². The number of benzene rings is 2. The number of amides is 2. The van der Waals surface area contributed by atoms with E-state index in [2.05, 4.69) is 0 Å². The highest BCUT2D eigenvalue weighted by Gasteiger charge is 2.38. The minimum Gasteiger partial charge on any atom is -0.481 e. The van der Waals surface area contributed by atoms with E-state index in [0.717, 1.165) is 17.0 Å². The minimum atomic E-state index is -1.19. The Hall–Kier alpha value is -3.02. The molecule has 116 valence electrons. The molecule has 2 amide bonds. The summed E-state index contributed by atoms with van der Waals surface area (Å²) in [5, 5.41) is 9.40. The summed E-state index contributed by atoms with van der Waals surface area (Å²) in [6.07, 6.45) is 0. The fraction of sp³-hybridized carbons (Fsp3) is 0.118. The van der Waals surface area contributed by atoms with E-state index in [0.29, 0.717) is 5.56 Å². The highest BCUT2D eigenvalue weighted by molar-refractivity contribution is 6.21. The van der Waals surface area contributed by atoms with Gasteiger partial charge in [0.2, 0.25) is 0 Å². The first-order chi connectivity index (χ1) is 11.0. The van der Waals surface area contributed by atoms with E-state index in [1.807, 2.05) is 0 Å². The topological polar surface area (TPSA) is 74.7 Å². The summed E-state index contributed by atoms with van der Waals surface area (Å²) in [6, 6.07) is 11.3. The summed E-state index contributed by atoms with van der Waals surface area (Å²) < 4.78 is 13.0. The molecule has 1 aliphatic heterocycles. The van der Waals surface area contributed by atoms with Crippen molar-refractivity contribution >= 4 is 17.8 Å². The molecule has 0 fully saturated rings. The van der Waals surface area contributed by atoms with Crippen LogP contribution in [-0.4, -0.2) is 34.3 Å². The summed E-state index contributed by atoms with van der Waals surface area (Å²) in [5.41, 5.74) is 0.858. The number of carboxylic acids is 1. The van der Waals surface area contributed by atoms with Crippen LogP contribution in [0.15, 0.2) is 48.5 Å². The average molecular weight is 313 g/mol. The van der Waals surface area contributed by atoms with Gasteiger partial charge in [-0.05, 0) is 29.8 Å². The Labute approximate surface area is 131 Å². The number of hydrogen-bond acceptors (Lipinski definition) is 3. The lowest BCUT2D eigenvalue weighted by molar-refractivity contribution is -0.138. The highest BCUT2D eigenvalue weighted by atomic mass is 19.1. The summed E-state index contributed by atoms with van der Waals surface area (Å²) in [6.45, 7) is -0.298. The molecule has 6 heteroatoms. The summed E-state index contributed by atoms with van der Waals surface area (Å²) >= 11 is 0. The molecule has 0 saturated carbocycles. The van der Waals surface area contributed by atoms with Gasteiger partial charge in [0.15, 0.2) is 0 Å². The summed E-state index contributed by atoms with van der Waals surface area (Å²) in [5.74, 6) is -3.82. The molecule has 0 bridgehead atoms. The average Bonchev–Trinajstić information content (AvgIpc) is 2.78. The lowest BCUT2D eigenvalue weighted by Crippen LogP contribution is -2.36. The van der Waals surface area contributed by atoms with Gasteiger partial charge in [-0.25, -0.2) is 4.39 Å². The lowest BCUT2D eigenvalue weighted by atomic mass is 9.98. The van der Waals surface area contributed by atoms with Crippen LogP contribution in [0.2, 0.25) is 0 Å². The number of rotatable bonds is 4. The molecule has 2 aromatic carbocycles. The predicted molar refractivity (Wildman–Crippen MR) is 78.6 cm³/mol. The number of halogens is 1. The third kappa shape index (κ3) is 2.59. The van der Waals surface area contributed by atoms with Crippen LogP contribution >= 0.6 is 0 Å². The van der Waals surface area contributed by atoms with Gasteiger partial charge in [0, 0.05) is 6.54 Å². The van der Waals surface area contributed by atoms with Crippen molar-refractivity contribution in [2.24, 2.45) is 0 Å². The molecular formula is C17H12FNO4. The molecule has 1 atom stereocenters. The van der Waals surface area contributed by atoms with Gasteiger partial charge in [0.25, 0.3) is 11.8 Å². The van der Waals surface area contributed by atoms with Crippen LogP contribution in [0.1, 0.15) is 32.2 Å². The van der Waals surface area contributed by atoms with Gasteiger partial charge < -0.3 is 5.11 Å². The molecule has 0 aliphatic carbocycles. The van der Waals surface area contributed by atoms with E-state index in [1.165, 1.54) is 24.3 Å². The maximum absolute atomic E-state index is 13.0. The second kappa shape index (κ2) is 5.64. The molecule has 0 radical (unpaired) electrons. The van der Waals surface area contributed by atoms with Crippen LogP contribution in [0.25, 0.3) is 0 Å². The molecule has 1 heterocycles. The molecule has 2 aromatic rings. The molecule has 1 aliphatic rings. The second-order valence-electron chi connectivity index (χ2n) is 5.21. The Morgan fingerprint density at radius 1 is 1.00 bits per heavy atom. The van der Waals surface area contributed by atoms with Gasteiger partial charge in [-0.1, -0.05) is 24.3 Å². The molecule has 0 unspecified atom stereocenters. The monoisotopic (exact) mass is 313 g/mol. The number of carbonyl (C=O) groups is 3. The van der Waals surface area contributed by atoms with Gasteiger partial charge >= 0.3 is 5.97 Å². The Balaban J connectivity index is 1.90. The standard InChI is InChI=1S/C17H12FNO4/c18-11-7-5-10(6-8-11)14(17(22)23)9-19-15(20)12-3-1-2-4-13(12)16(19)21/h1-8,14H,9H2,(H,22,23)/t14-/m0/s1. The Morgan fingerprint density at radius 2 is 1.52 bits per heavy atom. The van der Waals surface area contributed by atoms with E-state index in [1.54, 1.807) is 12.1 Å². The molecule has 23 heavy (non-hydrogen) atoms. The number of imide groups is 1. The highest BCUT2D eigenvalue weighted by Crippen LogP contribution is 2.26. The first-order valence-corrected chi connectivity index (χ1v) is 6.92. The SMILES string of the molecule is O=C(O)[C@@H](CN1C(=O)c2ccccc2C1=O)c1ccc(F)cc1. The number of carboxylic acid groups (broad SMARTS) is 1. The largest absolute Gasteiger partial charge is 0.481 e. The van der Waals surface area contributed by atoms with Gasteiger partial charge in [0.05, 0.1) is 17.0 Å². The fourth-order valence-corrected chi connectivity index (χ4v) is 2.61. The molecule has 0 aromatic heterocycles. The first kappa shape index (κ1) is 14.9. The maximum Gasteiger partial charge on any atom is 0.312 e. The third-order valence-corrected chi connectivity index (χ3v) is 3.81. The molecule has 0 saturated heterocycles. The van der Waals surface area contributed by atoms with Crippen LogP contribution in [0.4, 0.5) is 4.39 Å². The van der Waals surface area contributed by atoms with Crippen LogP contribution in [-0.2, 0) is 4.79 Å². The van der Waals surface area contributed by atoms with Crippen LogP contribution in [0.3, 0.4) is 0 Å². The smallest absolute Gasteiger partial charge is 0.312 e. The Kier molecular flexibility index (Phi) is 3.65. The van der Waals surface area contributed by atoms with E-state index in [4.69, 9.17) is 0 Å². The van der Waals surface area contributed by atoms with Crippen molar-refractivity contribution in [2.75, 3.05) is 6.54 Å². The quantitative estimate of drug-likeness (QED) is 0.879. The van der Waals surface area contributed by atoms with E-state index in [9.17, 15) is 23.9 Å². The Bertz CT molecular complexity index is 765. The number of nitrogens with zero attached hydrogens (tertiary/aromatic N) is 1. The van der Waals surface area contributed by atoms with Crippen molar-refractivity contribution in [2.45, 2.75) is 5.92 Å². The third-order valence-electron chi connectivity index (χ3n) is 3.81. The molecule has 1 N–H and O–H groups in total. The van der Waals surface area contributed by atoms with Gasteiger partial charge in [0.1, 0.15) is 5.82 Å². The second-order valence-corrected chi connectivity index (χ2v) is 5.21. The van der Waals surface area contributed by atoms with Crippen molar-refractivity contribution in [1.82, 2.24) is 4.90 Å². The fourth-order valence-electron chi connectivity index (χ4n) is 2.61. The zero-order valence-corrected chi connectivity index (χ0v) is 11.9. The number of hydrogen-bond donors (Lipinski definition) is 1.